The monoisotopic (exact) mass is 221 g/mol. The van der Waals surface area contributed by atoms with Crippen molar-refractivity contribution in [2.24, 2.45) is 0 Å². The largest absolute Gasteiger partial charge is 0.463 e. The van der Waals surface area contributed by atoms with Gasteiger partial charge >= 0.3 is 11.6 Å². The molecular weight excluding hydrogens is 209 g/mol. The number of rotatable bonds is 3. The molecule has 0 aliphatic rings. The summed E-state index contributed by atoms with van der Waals surface area (Å²) in [4.78, 5) is 11.4. The van der Waals surface area contributed by atoms with E-state index in [1.807, 2.05) is 6.92 Å². The van der Waals surface area contributed by atoms with E-state index in [-0.39, 0.29) is 12.2 Å². The Balaban J connectivity index is 3.10. The third kappa shape index (κ3) is 2.19. The van der Waals surface area contributed by atoms with Crippen molar-refractivity contribution in [3.8, 4) is 6.07 Å². The maximum atomic E-state index is 14.1. The molecular formula is C12H12FNO2. The average molecular weight is 221 g/mol. The number of nitriles is 1. The number of hydrogen-bond donors (Lipinski definition) is 0. The van der Waals surface area contributed by atoms with Gasteiger partial charge in [-0.2, -0.15) is 5.26 Å². The minimum Gasteiger partial charge on any atom is -0.463 e. The fourth-order valence-electron chi connectivity index (χ4n) is 1.24. The SMILES string of the molecule is CCOC(=O)C(F)(C#N)c1ccc(C)cc1. The molecule has 0 amide bonds. The maximum absolute atomic E-state index is 14.1. The molecule has 0 radical (unpaired) electrons. The number of alkyl halides is 1. The van der Waals surface area contributed by atoms with Crippen LogP contribution < -0.4 is 0 Å². The molecule has 0 spiro atoms. The number of hydrogen-bond acceptors (Lipinski definition) is 3. The van der Waals surface area contributed by atoms with Gasteiger partial charge in [-0.25, -0.2) is 9.18 Å². The summed E-state index contributed by atoms with van der Waals surface area (Å²) in [6, 6.07) is 7.46. The molecule has 3 nitrogen and oxygen atoms in total. The molecule has 0 fully saturated rings. The Bertz CT molecular complexity index is 422. The molecule has 0 saturated heterocycles. The summed E-state index contributed by atoms with van der Waals surface area (Å²) in [6.45, 7) is 3.43. The van der Waals surface area contributed by atoms with Gasteiger partial charge in [-0.3, -0.25) is 0 Å². The molecule has 0 N–H and O–H groups in total. The van der Waals surface area contributed by atoms with Gasteiger partial charge in [0.05, 0.1) is 6.61 Å². The maximum Gasteiger partial charge on any atom is 0.363 e. The number of ether oxygens (including phenoxy) is 1. The molecule has 0 bridgehead atoms. The standard InChI is InChI=1S/C12H12FNO2/c1-3-16-11(15)12(13,8-14)10-6-4-9(2)5-7-10/h4-7H,3H2,1-2H3. The van der Waals surface area contributed by atoms with Crippen LogP contribution in [0.4, 0.5) is 4.39 Å². The van der Waals surface area contributed by atoms with Crippen LogP contribution in [0.5, 0.6) is 0 Å². The van der Waals surface area contributed by atoms with Crippen molar-refractivity contribution >= 4 is 5.97 Å². The van der Waals surface area contributed by atoms with Crippen LogP contribution in [0.2, 0.25) is 0 Å². The Morgan fingerprint density at radius 2 is 2.06 bits per heavy atom. The highest BCUT2D eigenvalue weighted by Gasteiger charge is 2.42. The zero-order valence-electron chi connectivity index (χ0n) is 9.16. The van der Waals surface area contributed by atoms with Crippen LogP contribution >= 0.6 is 0 Å². The van der Waals surface area contributed by atoms with Gasteiger partial charge in [0, 0.05) is 5.56 Å². The molecule has 0 heterocycles. The topological polar surface area (TPSA) is 50.1 Å². The van der Waals surface area contributed by atoms with E-state index in [1.54, 1.807) is 19.1 Å². The summed E-state index contributed by atoms with van der Waals surface area (Å²) in [5, 5.41) is 8.78. The van der Waals surface area contributed by atoms with Gasteiger partial charge in [0.2, 0.25) is 0 Å². The van der Waals surface area contributed by atoms with Gasteiger partial charge < -0.3 is 4.74 Å². The van der Waals surface area contributed by atoms with Gasteiger partial charge in [-0.05, 0) is 13.8 Å². The highest BCUT2D eigenvalue weighted by atomic mass is 19.1. The second-order valence-electron chi connectivity index (χ2n) is 3.36. The van der Waals surface area contributed by atoms with Crippen LogP contribution in [-0.4, -0.2) is 12.6 Å². The van der Waals surface area contributed by atoms with Gasteiger partial charge in [-0.1, -0.05) is 29.8 Å². The average Bonchev–Trinajstić information content (AvgIpc) is 2.29. The molecule has 84 valence electrons. The van der Waals surface area contributed by atoms with E-state index in [4.69, 9.17) is 5.26 Å². The lowest BCUT2D eigenvalue weighted by Gasteiger charge is -2.15. The molecule has 0 saturated carbocycles. The van der Waals surface area contributed by atoms with Gasteiger partial charge in [0.1, 0.15) is 6.07 Å². The van der Waals surface area contributed by atoms with Crippen LogP contribution in [-0.2, 0) is 15.2 Å². The Morgan fingerprint density at radius 1 is 1.50 bits per heavy atom. The molecule has 1 atom stereocenters. The van der Waals surface area contributed by atoms with E-state index in [1.165, 1.54) is 18.2 Å². The number of nitrogens with zero attached hydrogens (tertiary/aromatic N) is 1. The molecule has 1 rings (SSSR count). The van der Waals surface area contributed by atoms with E-state index >= 15 is 0 Å². The molecule has 1 unspecified atom stereocenters. The van der Waals surface area contributed by atoms with E-state index in [0.717, 1.165) is 5.56 Å². The van der Waals surface area contributed by atoms with Crippen molar-refractivity contribution in [2.45, 2.75) is 19.5 Å². The van der Waals surface area contributed by atoms with Crippen LogP contribution in [0.1, 0.15) is 18.1 Å². The molecule has 1 aromatic carbocycles. The van der Waals surface area contributed by atoms with Crippen LogP contribution in [0.25, 0.3) is 0 Å². The molecule has 16 heavy (non-hydrogen) atoms. The second-order valence-corrected chi connectivity index (χ2v) is 3.36. The van der Waals surface area contributed by atoms with E-state index in [9.17, 15) is 9.18 Å². The lowest BCUT2D eigenvalue weighted by molar-refractivity contribution is -0.154. The minimum atomic E-state index is -2.72. The number of aryl methyl sites for hydroxylation is 1. The smallest absolute Gasteiger partial charge is 0.363 e. The summed E-state index contributed by atoms with van der Waals surface area (Å²) in [5.74, 6) is -1.17. The fourth-order valence-corrected chi connectivity index (χ4v) is 1.24. The van der Waals surface area contributed by atoms with E-state index < -0.39 is 11.6 Å². The first-order chi connectivity index (χ1) is 7.54. The highest BCUT2D eigenvalue weighted by Crippen LogP contribution is 2.27. The Labute approximate surface area is 93.5 Å². The van der Waals surface area contributed by atoms with E-state index in [2.05, 4.69) is 4.74 Å². The Kier molecular flexibility index (Phi) is 3.62. The van der Waals surface area contributed by atoms with E-state index in [0.29, 0.717) is 0 Å². The first-order valence-electron chi connectivity index (χ1n) is 4.89. The van der Waals surface area contributed by atoms with Gasteiger partial charge in [-0.15, -0.1) is 0 Å². The summed E-state index contributed by atoms with van der Waals surface area (Å²) in [7, 11) is 0. The van der Waals surface area contributed by atoms with Crippen LogP contribution in [0.15, 0.2) is 24.3 Å². The Hall–Kier alpha value is -1.89. The number of halogens is 1. The van der Waals surface area contributed by atoms with Gasteiger partial charge in [0.15, 0.2) is 0 Å². The predicted octanol–water partition coefficient (Wildman–Crippen LogP) is 2.25. The lowest BCUT2D eigenvalue weighted by Crippen LogP contribution is -2.31. The van der Waals surface area contributed by atoms with Crippen molar-refractivity contribution in [3.63, 3.8) is 0 Å². The predicted molar refractivity (Wildman–Crippen MR) is 56.2 cm³/mol. The summed E-state index contributed by atoms with van der Waals surface area (Å²) in [6.07, 6.45) is 0. The van der Waals surface area contributed by atoms with Crippen LogP contribution in [0.3, 0.4) is 0 Å². The Morgan fingerprint density at radius 3 is 2.50 bits per heavy atom. The zero-order chi connectivity index (χ0) is 12.2. The van der Waals surface area contributed by atoms with Crippen molar-refractivity contribution in [1.82, 2.24) is 0 Å². The molecule has 4 heteroatoms. The molecule has 0 aromatic heterocycles. The summed E-state index contributed by atoms with van der Waals surface area (Å²) < 4.78 is 18.7. The third-order valence-corrected chi connectivity index (χ3v) is 2.16. The van der Waals surface area contributed by atoms with Crippen LogP contribution in [0, 0.1) is 18.3 Å². The number of carbonyl (C=O) groups excluding carboxylic acids is 1. The number of carbonyl (C=O) groups is 1. The van der Waals surface area contributed by atoms with Crippen molar-refractivity contribution in [3.05, 3.63) is 35.4 Å². The van der Waals surface area contributed by atoms with Crippen molar-refractivity contribution in [1.29, 1.82) is 5.26 Å². The fraction of sp³-hybridized carbons (Fsp3) is 0.333. The van der Waals surface area contributed by atoms with Gasteiger partial charge in [0.25, 0.3) is 0 Å². The minimum absolute atomic E-state index is 0.000880. The second kappa shape index (κ2) is 4.75. The first-order valence-corrected chi connectivity index (χ1v) is 4.89. The quantitative estimate of drug-likeness (QED) is 0.735. The lowest BCUT2D eigenvalue weighted by atomic mass is 9.96. The normalized spacial score (nSPS) is 13.6. The highest BCUT2D eigenvalue weighted by molar-refractivity contribution is 5.84. The van der Waals surface area contributed by atoms with Crippen molar-refractivity contribution in [2.75, 3.05) is 6.61 Å². The molecule has 1 aromatic rings. The summed E-state index contributed by atoms with van der Waals surface area (Å²) in [5.41, 5.74) is -1.80. The molecule has 0 aliphatic heterocycles. The van der Waals surface area contributed by atoms with Crippen molar-refractivity contribution < 1.29 is 13.9 Å². The molecule has 0 aliphatic carbocycles. The first kappa shape index (κ1) is 12.2. The third-order valence-electron chi connectivity index (χ3n) is 2.16. The number of esters is 1. The number of benzene rings is 1. The zero-order valence-corrected chi connectivity index (χ0v) is 9.16. The summed E-state index contributed by atoms with van der Waals surface area (Å²) >= 11 is 0.